The predicted molar refractivity (Wildman–Crippen MR) is 103 cm³/mol. The third-order valence-corrected chi connectivity index (χ3v) is 4.94. The molecule has 1 aromatic carbocycles. The lowest BCUT2D eigenvalue weighted by Crippen LogP contribution is -2.17. The molecule has 0 aliphatic heterocycles. The Hall–Kier alpha value is -2.45. The minimum absolute atomic E-state index is 0.220. The van der Waals surface area contributed by atoms with Crippen LogP contribution in [0.3, 0.4) is 0 Å². The van der Waals surface area contributed by atoms with E-state index in [0.717, 1.165) is 11.8 Å². The zero-order valence-corrected chi connectivity index (χ0v) is 16.6. The third-order valence-electron chi connectivity index (χ3n) is 3.52. The van der Waals surface area contributed by atoms with Crippen molar-refractivity contribution in [3.8, 4) is 18.1 Å². The van der Waals surface area contributed by atoms with E-state index in [1.807, 2.05) is 4.57 Å². The van der Waals surface area contributed by atoms with Crippen LogP contribution in [0.25, 0.3) is 11.2 Å². The van der Waals surface area contributed by atoms with E-state index in [9.17, 15) is 13.2 Å². The number of alkyl halides is 3. The standard InChI is InChI=1S/C17H13BrF3N5OS/c1-2-3-4-5-26-15-13(14(22)23-9-24-15)25-16(26)28-12-7-10(18)6-11(8-12)27-17(19,20)21/h1,6-9H,3-5H2,(H2,22,23,24). The quantitative estimate of drug-likeness (QED) is 0.416. The van der Waals surface area contributed by atoms with Crippen molar-refractivity contribution in [1.29, 1.82) is 0 Å². The first-order valence-electron chi connectivity index (χ1n) is 7.91. The molecular weight excluding hydrogens is 459 g/mol. The molecule has 28 heavy (non-hydrogen) atoms. The summed E-state index contributed by atoms with van der Waals surface area (Å²) < 4.78 is 43.9. The molecule has 0 amide bonds. The number of nitrogens with zero attached hydrogens (tertiary/aromatic N) is 4. The number of aromatic nitrogens is 4. The van der Waals surface area contributed by atoms with E-state index in [1.54, 1.807) is 6.07 Å². The molecule has 0 spiro atoms. The zero-order chi connectivity index (χ0) is 20.3. The number of aryl methyl sites for hydroxylation is 1. The van der Waals surface area contributed by atoms with Crippen LogP contribution in [0.1, 0.15) is 12.8 Å². The fraction of sp³-hybridized carbons (Fsp3) is 0.235. The summed E-state index contributed by atoms with van der Waals surface area (Å²) in [6.45, 7) is 0.527. The van der Waals surface area contributed by atoms with Gasteiger partial charge in [0.15, 0.2) is 22.1 Å². The summed E-state index contributed by atoms with van der Waals surface area (Å²) in [6.07, 6.45) is 3.11. The molecule has 6 nitrogen and oxygen atoms in total. The second kappa shape index (κ2) is 8.28. The summed E-state index contributed by atoms with van der Waals surface area (Å²) in [4.78, 5) is 13.1. The van der Waals surface area contributed by atoms with Gasteiger partial charge in [-0.25, -0.2) is 15.0 Å². The third kappa shape index (κ3) is 4.88. The second-order valence-electron chi connectivity index (χ2n) is 5.56. The van der Waals surface area contributed by atoms with Gasteiger partial charge in [-0.05, 0) is 24.6 Å². The van der Waals surface area contributed by atoms with E-state index in [0.29, 0.717) is 45.1 Å². The van der Waals surface area contributed by atoms with E-state index in [4.69, 9.17) is 12.2 Å². The van der Waals surface area contributed by atoms with Gasteiger partial charge in [-0.3, -0.25) is 0 Å². The van der Waals surface area contributed by atoms with E-state index in [1.165, 1.54) is 18.5 Å². The van der Waals surface area contributed by atoms with Crippen molar-refractivity contribution in [3.05, 3.63) is 29.0 Å². The molecule has 0 aliphatic rings. The molecule has 3 aromatic rings. The van der Waals surface area contributed by atoms with Crippen molar-refractivity contribution >= 4 is 44.7 Å². The largest absolute Gasteiger partial charge is 0.573 e. The van der Waals surface area contributed by atoms with Gasteiger partial charge in [0.2, 0.25) is 0 Å². The number of halogens is 4. The Labute approximate surface area is 170 Å². The van der Waals surface area contributed by atoms with E-state index in [-0.39, 0.29) is 11.6 Å². The summed E-state index contributed by atoms with van der Waals surface area (Å²) in [5.74, 6) is 2.45. The minimum atomic E-state index is -4.78. The number of anilines is 1. The van der Waals surface area contributed by atoms with Gasteiger partial charge in [0.1, 0.15) is 12.1 Å². The lowest BCUT2D eigenvalue weighted by Gasteiger charge is -2.11. The molecule has 0 radical (unpaired) electrons. The van der Waals surface area contributed by atoms with Gasteiger partial charge in [-0.1, -0.05) is 27.7 Å². The maximum Gasteiger partial charge on any atom is 0.573 e. The summed E-state index contributed by atoms with van der Waals surface area (Å²) in [5, 5.41) is 0.510. The van der Waals surface area contributed by atoms with Gasteiger partial charge in [0, 0.05) is 22.3 Å². The molecule has 146 valence electrons. The van der Waals surface area contributed by atoms with E-state index < -0.39 is 6.36 Å². The molecular formula is C17H13BrF3N5OS. The maximum absolute atomic E-state index is 12.5. The smallest absolute Gasteiger partial charge is 0.406 e. The van der Waals surface area contributed by atoms with Crippen molar-refractivity contribution in [1.82, 2.24) is 19.5 Å². The molecule has 0 atom stereocenters. The number of nitrogen functional groups attached to an aromatic ring is 1. The van der Waals surface area contributed by atoms with Crippen molar-refractivity contribution in [2.45, 2.75) is 35.8 Å². The molecule has 0 saturated carbocycles. The van der Waals surface area contributed by atoms with Crippen LogP contribution in [0.15, 0.2) is 39.1 Å². The Bertz CT molecular complexity index is 1050. The first-order chi connectivity index (χ1) is 13.3. The van der Waals surface area contributed by atoms with E-state index in [2.05, 4.69) is 41.5 Å². The van der Waals surface area contributed by atoms with E-state index >= 15 is 0 Å². The van der Waals surface area contributed by atoms with Crippen molar-refractivity contribution in [3.63, 3.8) is 0 Å². The van der Waals surface area contributed by atoms with Gasteiger partial charge < -0.3 is 15.0 Å². The topological polar surface area (TPSA) is 78.9 Å². The molecule has 3 rings (SSSR count). The second-order valence-corrected chi connectivity index (χ2v) is 7.51. The monoisotopic (exact) mass is 471 g/mol. The van der Waals surface area contributed by atoms with Crippen molar-refractivity contribution < 1.29 is 17.9 Å². The highest BCUT2D eigenvalue weighted by Gasteiger charge is 2.31. The van der Waals surface area contributed by atoms with Crippen molar-refractivity contribution in [2.24, 2.45) is 0 Å². The molecule has 2 heterocycles. The SMILES string of the molecule is C#CCCCn1c(Sc2cc(Br)cc(OC(F)(F)F)c2)nc2c(N)ncnc21. The Morgan fingerprint density at radius 2 is 2.07 bits per heavy atom. The van der Waals surface area contributed by atoms with Crippen LogP contribution in [-0.2, 0) is 6.54 Å². The Balaban J connectivity index is 1.98. The molecule has 0 saturated heterocycles. The van der Waals surface area contributed by atoms with Crippen LogP contribution in [-0.4, -0.2) is 25.9 Å². The summed E-state index contributed by atoms with van der Waals surface area (Å²) in [7, 11) is 0. The number of hydrogen-bond donors (Lipinski definition) is 1. The first-order valence-corrected chi connectivity index (χ1v) is 9.52. The van der Waals surface area contributed by atoms with Crippen LogP contribution < -0.4 is 10.5 Å². The van der Waals surface area contributed by atoms with Crippen LogP contribution in [0.4, 0.5) is 19.0 Å². The Morgan fingerprint density at radius 3 is 2.79 bits per heavy atom. The zero-order valence-electron chi connectivity index (χ0n) is 14.2. The molecule has 11 heteroatoms. The lowest BCUT2D eigenvalue weighted by atomic mass is 10.3. The molecule has 0 unspecified atom stereocenters. The molecule has 0 bridgehead atoms. The number of unbranched alkanes of at least 4 members (excludes halogenated alkanes) is 1. The van der Waals surface area contributed by atoms with Gasteiger partial charge in [-0.15, -0.1) is 25.5 Å². The molecule has 0 fully saturated rings. The first kappa shape index (κ1) is 20.3. The summed E-state index contributed by atoms with van der Waals surface area (Å²) in [5.41, 5.74) is 6.84. The molecule has 2 aromatic heterocycles. The number of nitrogens with two attached hydrogens (primary N) is 1. The highest BCUT2D eigenvalue weighted by molar-refractivity contribution is 9.10. The van der Waals surface area contributed by atoms with Gasteiger partial charge >= 0.3 is 6.36 Å². The van der Waals surface area contributed by atoms with Crippen LogP contribution in [0, 0.1) is 12.3 Å². The average Bonchev–Trinajstić information content (AvgIpc) is 2.92. The minimum Gasteiger partial charge on any atom is -0.406 e. The summed E-state index contributed by atoms with van der Waals surface area (Å²) >= 11 is 4.36. The van der Waals surface area contributed by atoms with Crippen LogP contribution >= 0.6 is 27.7 Å². The van der Waals surface area contributed by atoms with Gasteiger partial charge in [0.25, 0.3) is 0 Å². The highest BCUT2D eigenvalue weighted by atomic mass is 79.9. The van der Waals surface area contributed by atoms with Crippen LogP contribution in [0.5, 0.6) is 5.75 Å². The Morgan fingerprint density at radius 1 is 1.29 bits per heavy atom. The van der Waals surface area contributed by atoms with Crippen LogP contribution in [0.2, 0.25) is 0 Å². The number of fused-ring (bicyclic) bond motifs is 1. The van der Waals surface area contributed by atoms with Gasteiger partial charge in [-0.2, -0.15) is 0 Å². The fourth-order valence-corrected chi connectivity index (χ4v) is 4.07. The number of ether oxygens (including phenoxy) is 1. The fourth-order valence-electron chi connectivity index (χ4n) is 2.45. The lowest BCUT2D eigenvalue weighted by molar-refractivity contribution is -0.274. The maximum atomic E-state index is 12.5. The highest BCUT2D eigenvalue weighted by Crippen LogP contribution is 2.36. The number of hydrogen-bond acceptors (Lipinski definition) is 6. The van der Waals surface area contributed by atoms with Gasteiger partial charge in [0.05, 0.1) is 0 Å². The molecule has 2 N–H and O–H groups in total. The Kier molecular flexibility index (Phi) is 6.00. The number of imidazole rings is 1. The molecule has 0 aliphatic carbocycles. The van der Waals surface area contributed by atoms with Crippen molar-refractivity contribution in [2.75, 3.05) is 5.73 Å². The normalized spacial score (nSPS) is 11.5. The number of terminal acetylenes is 1. The predicted octanol–water partition coefficient (Wildman–Crippen LogP) is 4.63. The number of benzene rings is 1. The summed E-state index contributed by atoms with van der Waals surface area (Å²) in [6, 6.07) is 4.17. The number of rotatable bonds is 6. The average molecular weight is 472 g/mol.